The summed E-state index contributed by atoms with van der Waals surface area (Å²) in [5, 5.41) is 9.01. The SMILES string of the molecule is CO[C@@H]1CN[C@H](CCNCc2ccc3c(c2)C(=O)N(C2CCC(=O)NC2=O)C3=O)C1. The zero-order valence-corrected chi connectivity index (χ0v) is 16.9. The molecule has 0 bridgehead atoms. The van der Waals surface area contributed by atoms with Gasteiger partial charge in [-0.2, -0.15) is 0 Å². The summed E-state index contributed by atoms with van der Waals surface area (Å²) < 4.78 is 5.35. The molecule has 3 heterocycles. The molecule has 0 spiro atoms. The smallest absolute Gasteiger partial charge is 0.262 e. The molecule has 1 aromatic rings. The molecule has 9 nitrogen and oxygen atoms in total. The second-order valence-electron chi connectivity index (χ2n) is 7.99. The Balaban J connectivity index is 1.35. The predicted octanol–water partition coefficient (Wildman–Crippen LogP) is -0.0556. The summed E-state index contributed by atoms with van der Waals surface area (Å²) >= 11 is 0. The van der Waals surface area contributed by atoms with Crippen molar-refractivity contribution in [1.29, 1.82) is 0 Å². The van der Waals surface area contributed by atoms with Crippen molar-refractivity contribution in [2.75, 3.05) is 20.2 Å². The number of fused-ring (bicyclic) bond motifs is 1. The lowest BCUT2D eigenvalue weighted by Gasteiger charge is -2.27. The Morgan fingerprint density at radius 2 is 1.97 bits per heavy atom. The fourth-order valence-corrected chi connectivity index (χ4v) is 4.32. The van der Waals surface area contributed by atoms with E-state index in [1.165, 1.54) is 0 Å². The van der Waals surface area contributed by atoms with E-state index in [-0.39, 0.29) is 24.9 Å². The van der Waals surface area contributed by atoms with Crippen LogP contribution in [0.4, 0.5) is 0 Å². The molecule has 160 valence electrons. The molecule has 9 heteroatoms. The maximum atomic E-state index is 12.8. The Bertz CT molecular complexity index is 886. The predicted molar refractivity (Wildman–Crippen MR) is 107 cm³/mol. The molecule has 0 radical (unpaired) electrons. The number of methoxy groups -OCH3 is 1. The molecule has 3 N–H and O–H groups in total. The van der Waals surface area contributed by atoms with E-state index in [4.69, 9.17) is 4.74 Å². The molecule has 1 aromatic carbocycles. The van der Waals surface area contributed by atoms with Gasteiger partial charge in [0.2, 0.25) is 11.8 Å². The molecule has 1 unspecified atom stereocenters. The summed E-state index contributed by atoms with van der Waals surface area (Å²) in [5.41, 5.74) is 1.51. The maximum Gasteiger partial charge on any atom is 0.262 e. The average molecular weight is 414 g/mol. The van der Waals surface area contributed by atoms with Crippen molar-refractivity contribution < 1.29 is 23.9 Å². The average Bonchev–Trinajstić information content (AvgIpc) is 3.29. The van der Waals surface area contributed by atoms with E-state index < -0.39 is 23.8 Å². The molecule has 3 aliphatic rings. The van der Waals surface area contributed by atoms with Crippen LogP contribution in [-0.4, -0.2) is 66.9 Å². The van der Waals surface area contributed by atoms with Crippen molar-refractivity contribution >= 4 is 23.6 Å². The van der Waals surface area contributed by atoms with Gasteiger partial charge in [-0.05, 0) is 43.5 Å². The molecule has 4 rings (SSSR count). The van der Waals surface area contributed by atoms with Crippen LogP contribution in [0.1, 0.15) is 52.0 Å². The van der Waals surface area contributed by atoms with Gasteiger partial charge in [-0.3, -0.25) is 29.4 Å². The second kappa shape index (κ2) is 8.63. The lowest BCUT2D eigenvalue weighted by atomic mass is 10.0. The van der Waals surface area contributed by atoms with Crippen LogP contribution in [0.2, 0.25) is 0 Å². The third kappa shape index (κ3) is 4.00. The summed E-state index contributed by atoms with van der Waals surface area (Å²) in [6, 6.07) is 4.67. The number of piperidine rings is 1. The molecule has 30 heavy (non-hydrogen) atoms. The lowest BCUT2D eigenvalue weighted by Crippen LogP contribution is -2.54. The second-order valence-corrected chi connectivity index (χ2v) is 7.99. The summed E-state index contributed by atoms with van der Waals surface area (Å²) in [6.45, 7) is 2.28. The fraction of sp³-hybridized carbons (Fsp3) is 0.524. The minimum absolute atomic E-state index is 0.111. The third-order valence-electron chi connectivity index (χ3n) is 6.02. The summed E-state index contributed by atoms with van der Waals surface area (Å²) in [7, 11) is 1.73. The van der Waals surface area contributed by atoms with Crippen LogP contribution in [0.25, 0.3) is 0 Å². The van der Waals surface area contributed by atoms with Gasteiger partial charge >= 0.3 is 0 Å². The number of carbonyl (C=O) groups excluding carboxylic acids is 4. The molecular formula is C21H26N4O5. The van der Waals surface area contributed by atoms with Gasteiger partial charge in [0, 0.05) is 32.7 Å². The zero-order valence-electron chi connectivity index (χ0n) is 16.9. The molecule has 0 aliphatic carbocycles. The first-order chi connectivity index (χ1) is 14.5. The standard InChI is InChI=1S/C21H26N4O5/c1-30-14-9-13(23-11-14)6-7-22-10-12-2-3-15-16(8-12)21(29)25(20(15)28)17-4-5-18(26)24-19(17)27/h2-3,8,13-14,17,22-23H,4-7,9-11H2,1H3,(H,24,26,27)/t13-,14+,17?/m1/s1. The van der Waals surface area contributed by atoms with Crippen LogP contribution < -0.4 is 16.0 Å². The van der Waals surface area contributed by atoms with E-state index in [9.17, 15) is 19.2 Å². The minimum atomic E-state index is -0.938. The van der Waals surface area contributed by atoms with Crippen molar-refractivity contribution in [3.8, 4) is 0 Å². The topological polar surface area (TPSA) is 117 Å². The number of hydrogen-bond donors (Lipinski definition) is 3. The molecule has 3 aliphatic heterocycles. The van der Waals surface area contributed by atoms with E-state index >= 15 is 0 Å². The number of carbonyl (C=O) groups is 4. The van der Waals surface area contributed by atoms with Gasteiger partial charge < -0.3 is 15.4 Å². The van der Waals surface area contributed by atoms with Crippen LogP contribution >= 0.6 is 0 Å². The van der Waals surface area contributed by atoms with Gasteiger partial charge in [-0.15, -0.1) is 0 Å². The first-order valence-electron chi connectivity index (χ1n) is 10.3. The van der Waals surface area contributed by atoms with Crippen LogP contribution in [-0.2, 0) is 20.9 Å². The Labute approximate surface area is 174 Å². The van der Waals surface area contributed by atoms with Crippen LogP contribution in [0, 0.1) is 0 Å². The molecule has 2 fully saturated rings. The number of amides is 4. The largest absolute Gasteiger partial charge is 0.380 e. The van der Waals surface area contributed by atoms with Gasteiger partial charge in [0.25, 0.3) is 11.8 Å². The number of imide groups is 2. The molecular weight excluding hydrogens is 388 g/mol. The highest BCUT2D eigenvalue weighted by Gasteiger charge is 2.44. The molecule has 0 aromatic heterocycles. The minimum Gasteiger partial charge on any atom is -0.380 e. The van der Waals surface area contributed by atoms with Crippen LogP contribution in [0.3, 0.4) is 0 Å². The number of benzene rings is 1. The van der Waals surface area contributed by atoms with E-state index in [1.54, 1.807) is 19.2 Å². The summed E-state index contributed by atoms with van der Waals surface area (Å²) in [5.74, 6) is -1.94. The van der Waals surface area contributed by atoms with Gasteiger partial charge in [-0.25, -0.2) is 0 Å². The normalized spacial score (nSPS) is 26.3. The summed E-state index contributed by atoms with van der Waals surface area (Å²) in [6.07, 6.45) is 2.53. The number of hydrogen-bond acceptors (Lipinski definition) is 7. The van der Waals surface area contributed by atoms with Crippen LogP contribution in [0.15, 0.2) is 18.2 Å². The third-order valence-corrected chi connectivity index (χ3v) is 6.02. The Kier molecular flexibility index (Phi) is 5.94. The van der Waals surface area contributed by atoms with Crippen molar-refractivity contribution in [2.24, 2.45) is 0 Å². The van der Waals surface area contributed by atoms with E-state index in [0.717, 1.165) is 36.4 Å². The quantitative estimate of drug-likeness (QED) is 0.423. The van der Waals surface area contributed by atoms with E-state index in [1.807, 2.05) is 6.07 Å². The highest BCUT2D eigenvalue weighted by atomic mass is 16.5. The van der Waals surface area contributed by atoms with Crippen molar-refractivity contribution in [3.05, 3.63) is 34.9 Å². The fourth-order valence-electron chi connectivity index (χ4n) is 4.32. The maximum absolute atomic E-state index is 12.8. The van der Waals surface area contributed by atoms with Gasteiger partial charge in [0.05, 0.1) is 17.2 Å². The summed E-state index contributed by atoms with van der Waals surface area (Å²) in [4.78, 5) is 50.0. The molecule has 3 atom stereocenters. The van der Waals surface area contributed by atoms with Gasteiger partial charge in [0.1, 0.15) is 6.04 Å². The number of ether oxygens (including phenoxy) is 1. The first-order valence-corrected chi connectivity index (χ1v) is 10.3. The highest BCUT2D eigenvalue weighted by molar-refractivity contribution is 6.23. The first kappa shape index (κ1) is 20.6. The van der Waals surface area contributed by atoms with Gasteiger partial charge in [0.15, 0.2) is 0 Å². The lowest BCUT2D eigenvalue weighted by molar-refractivity contribution is -0.136. The van der Waals surface area contributed by atoms with Crippen molar-refractivity contribution in [2.45, 2.75) is 50.4 Å². The van der Waals surface area contributed by atoms with Crippen molar-refractivity contribution in [3.63, 3.8) is 0 Å². The molecule has 2 saturated heterocycles. The Morgan fingerprint density at radius 3 is 2.70 bits per heavy atom. The van der Waals surface area contributed by atoms with E-state index in [0.29, 0.717) is 23.7 Å². The van der Waals surface area contributed by atoms with Crippen molar-refractivity contribution in [1.82, 2.24) is 20.9 Å². The number of nitrogens with zero attached hydrogens (tertiary/aromatic N) is 1. The Hall–Kier alpha value is -2.62. The van der Waals surface area contributed by atoms with Crippen LogP contribution in [0.5, 0.6) is 0 Å². The zero-order chi connectivity index (χ0) is 21.3. The molecule has 0 saturated carbocycles. The monoisotopic (exact) mass is 414 g/mol. The highest BCUT2D eigenvalue weighted by Crippen LogP contribution is 2.28. The Morgan fingerprint density at radius 1 is 1.17 bits per heavy atom. The molecule has 4 amide bonds. The van der Waals surface area contributed by atoms with E-state index in [2.05, 4.69) is 16.0 Å². The number of nitrogens with one attached hydrogen (secondary N) is 3. The van der Waals surface area contributed by atoms with Gasteiger partial charge in [-0.1, -0.05) is 6.07 Å². The number of rotatable bonds is 7.